The molecule has 4 aromatic rings. The van der Waals surface area contributed by atoms with E-state index in [0.29, 0.717) is 0 Å². The summed E-state index contributed by atoms with van der Waals surface area (Å²) in [7, 11) is 0. The van der Waals surface area contributed by atoms with Crippen LogP contribution >= 0.6 is 11.3 Å². The molecule has 3 aromatic heterocycles. The predicted octanol–water partition coefficient (Wildman–Crippen LogP) is 4.01. The molecule has 0 spiro atoms. The van der Waals surface area contributed by atoms with E-state index in [2.05, 4.69) is 53.9 Å². The number of pyridine rings is 1. The number of hydrogen-bond donors (Lipinski definition) is 0. The molecule has 0 bridgehead atoms. The van der Waals surface area contributed by atoms with Gasteiger partial charge in [0.05, 0.1) is 0 Å². The first-order chi connectivity index (χ1) is 8.33. The number of hydrogen-bond acceptors (Lipinski definition) is 2. The van der Waals surface area contributed by atoms with Crippen LogP contribution in [0, 0.1) is 6.92 Å². The van der Waals surface area contributed by atoms with Crippen LogP contribution in [-0.4, -0.2) is 9.38 Å². The van der Waals surface area contributed by atoms with E-state index in [1.165, 1.54) is 20.5 Å². The fourth-order valence-corrected chi connectivity index (χ4v) is 3.39. The van der Waals surface area contributed by atoms with Crippen LogP contribution in [0.4, 0.5) is 0 Å². The third-order valence-electron chi connectivity index (χ3n) is 3.09. The van der Waals surface area contributed by atoms with Crippen molar-refractivity contribution < 1.29 is 0 Å². The maximum absolute atomic E-state index is 4.74. The van der Waals surface area contributed by atoms with Crippen LogP contribution in [0.25, 0.3) is 26.1 Å². The van der Waals surface area contributed by atoms with Gasteiger partial charge >= 0.3 is 0 Å². The van der Waals surface area contributed by atoms with Crippen molar-refractivity contribution in [3.05, 3.63) is 48.2 Å². The van der Waals surface area contributed by atoms with Gasteiger partial charge in [-0.25, -0.2) is 4.98 Å². The Morgan fingerprint density at radius 3 is 3.00 bits per heavy atom. The Morgan fingerprint density at radius 1 is 1.18 bits per heavy atom. The van der Waals surface area contributed by atoms with Crippen LogP contribution in [0.2, 0.25) is 0 Å². The monoisotopic (exact) mass is 238 g/mol. The van der Waals surface area contributed by atoms with Gasteiger partial charge in [-0.15, -0.1) is 11.3 Å². The fraction of sp³-hybridized carbons (Fsp3) is 0.0714. The van der Waals surface area contributed by atoms with Crippen LogP contribution in [-0.2, 0) is 0 Å². The molecule has 17 heavy (non-hydrogen) atoms. The van der Waals surface area contributed by atoms with E-state index >= 15 is 0 Å². The van der Waals surface area contributed by atoms with E-state index in [-0.39, 0.29) is 0 Å². The molecule has 0 aliphatic carbocycles. The zero-order valence-corrected chi connectivity index (χ0v) is 10.2. The minimum Gasteiger partial charge on any atom is -0.291 e. The molecule has 82 valence electrons. The topological polar surface area (TPSA) is 17.3 Å². The highest BCUT2D eigenvalue weighted by atomic mass is 32.1. The summed E-state index contributed by atoms with van der Waals surface area (Å²) >= 11 is 1.80. The number of benzene rings is 1. The molecule has 3 heteroatoms. The van der Waals surface area contributed by atoms with Crippen molar-refractivity contribution in [1.82, 2.24) is 9.38 Å². The molecule has 0 aliphatic heterocycles. The Morgan fingerprint density at radius 2 is 2.06 bits per heavy atom. The SMILES string of the molecule is Cc1ccn2c(c1)nc1c3ccccc3sc12. The van der Waals surface area contributed by atoms with Gasteiger partial charge in [0.15, 0.2) is 0 Å². The maximum atomic E-state index is 4.74. The summed E-state index contributed by atoms with van der Waals surface area (Å²) in [6.45, 7) is 2.10. The van der Waals surface area contributed by atoms with Gasteiger partial charge in [-0.3, -0.25) is 4.40 Å². The lowest BCUT2D eigenvalue weighted by molar-refractivity contribution is 1.22. The summed E-state index contributed by atoms with van der Waals surface area (Å²) in [6.07, 6.45) is 2.11. The molecule has 0 atom stereocenters. The quantitative estimate of drug-likeness (QED) is 0.452. The van der Waals surface area contributed by atoms with Gasteiger partial charge in [0, 0.05) is 16.3 Å². The summed E-state index contributed by atoms with van der Waals surface area (Å²) in [5.41, 5.74) is 3.41. The molecule has 0 saturated carbocycles. The van der Waals surface area contributed by atoms with E-state index in [1.54, 1.807) is 11.3 Å². The number of thiophene rings is 1. The fourth-order valence-electron chi connectivity index (χ4n) is 2.25. The van der Waals surface area contributed by atoms with Gasteiger partial charge in [-0.05, 0) is 30.7 Å². The first-order valence-corrected chi connectivity index (χ1v) is 6.40. The van der Waals surface area contributed by atoms with E-state index < -0.39 is 0 Å². The number of fused-ring (bicyclic) bond motifs is 5. The van der Waals surface area contributed by atoms with Gasteiger partial charge < -0.3 is 0 Å². The normalized spacial score (nSPS) is 11.8. The largest absolute Gasteiger partial charge is 0.291 e. The molecule has 0 N–H and O–H groups in total. The Labute approximate surface area is 102 Å². The van der Waals surface area contributed by atoms with Crippen LogP contribution in [0.1, 0.15) is 5.56 Å². The number of imidazole rings is 1. The Balaban J connectivity index is 2.29. The van der Waals surface area contributed by atoms with Crippen LogP contribution in [0.3, 0.4) is 0 Å². The number of aryl methyl sites for hydroxylation is 1. The van der Waals surface area contributed by atoms with Crippen molar-refractivity contribution in [2.75, 3.05) is 0 Å². The molecule has 0 radical (unpaired) electrons. The Bertz CT molecular complexity index is 854. The highest BCUT2D eigenvalue weighted by Crippen LogP contribution is 2.33. The van der Waals surface area contributed by atoms with Crippen molar-refractivity contribution in [2.45, 2.75) is 6.92 Å². The van der Waals surface area contributed by atoms with Crippen LogP contribution in [0.15, 0.2) is 42.6 Å². The Hall–Kier alpha value is -1.87. The third-order valence-corrected chi connectivity index (χ3v) is 4.25. The molecule has 2 nitrogen and oxygen atoms in total. The lowest BCUT2D eigenvalue weighted by atomic mass is 10.2. The highest BCUT2D eigenvalue weighted by Gasteiger charge is 2.10. The lowest BCUT2D eigenvalue weighted by Gasteiger charge is -1.94. The zero-order chi connectivity index (χ0) is 11.4. The van der Waals surface area contributed by atoms with Gasteiger partial charge in [0.25, 0.3) is 0 Å². The van der Waals surface area contributed by atoms with Crippen molar-refractivity contribution in [3.63, 3.8) is 0 Å². The molecule has 0 saturated heterocycles. The van der Waals surface area contributed by atoms with E-state index in [0.717, 1.165) is 11.2 Å². The first-order valence-electron chi connectivity index (χ1n) is 5.59. The van der Waals surface area contributed by atoms with E-state index in [4.69, 9.17) is 4.98 Å². The summed E-state index contributed by atoms with van der Waals surface area (Å²) in [6, 6.07) is 12.7. The van der Waals surface area contributed by atoms with Crippen molar-refractivity contribution >= 4 is 37.4 Å². The van der Waals surface area contributed by atoms with Crippen LogP contribution in [0.5, 0.6) is 0 Å². The van der Waals surface area contributed by atoms with Gasteiger partial charge in [-0.1, -0.05) is 18.2 Å². The van der Waals surface area contributed by atoms with E-state index in [9.17, 15) is 0 Å². The van der Waals surface area contributed by atoms with Gasteiger partial charge in [0.2, 0.25) is 0 Å². The lowest BCUT2D eigenvalue weighted by Crippen LogP contribution is -1.82. The second-order valence-corrected chi connectivity index (χ2v) is 5.33. The molecular formula is C14H10N2S. The zero-order valence-electron chi connectivity index (χ0n) is 9.34. The summed E-state index contributed by atoms with van der Waals surface area (Å²) in [5, 5.41) is 1.26. The molecule has 4 rings (SSSR count). The standard InChI is InChI=1S/C14H10N2S/c1-9-6-7-16-12(8-9)15-13-10-4-2-3-5-11(10)17-14(13)16/h2-8H,1H3. The summed E-state index contributed by atoms with van der Waals surface area (Å²) in [5.74, 6) is 0. The van der Waals surface area contributed by atoms with Crippen molar-refractivity contribution in [3.8, 4) is 0 Å². The Kier molecular flexibility index (Phi) is 1.66. The molecule has 0 amide bonds. The number of aromatic nitrogens is 2. The number of nitrogens with zero attached hydrogens (tertiary/aromatic N) is 2. The van der Waals surface area contributed by atoms with E-state index in [1.807, 2.05) is 0 Å². The third kappa shape index (κ3) is 1.17. The maximum Gasteiger partial charge on any atom is 0.138 e. The summed E-state index contributed by atoms with van der Waals surface area (Å²) in [4.78, 5) is 5.97. The minimum absolute atomic E-state index is 1.04. The highest BCUT2D eigenvalue weighted by molar-refractivity contribution is 7.25. The van der Waals surface area contributed by atoms with Crippen molar-refractivity contribution in [1.29, 1.82) is 0 Å². The van der Waals surface area contributed by atoms with Crippen molar-refractivity contribution in [2.24, 2.45) is 0 Å². The molecular weight excluding hydrogens is 228 g/mol. The second kappa shape index (κ2) is 3.08. The van der Waals surface area contributed by atoms with Gasteiger partial charge in [0.1, 0.15) is 16.0 Å². The molecule has 0 aliphatic rings. The predicted molar refractivity (Wildman–Crippen MR) is 72.8 cm³/mol. The summed E-state index contributed by atoms with van der Waals surface area (Å²) < 4.78 is 3.48. The number of rotatable bonds is 0. The average Bonchev–Trinajstić information content (AvgIpc) is 2.84. The first kappa shape index (κ1) is 9.19. The average molecular weight is 238 g/mol. The van der Waals surface area contributed by atoms with Gasteiger partial charge in [-0.2, -0.15) is 0 Å². The molecule has 3 heterocycles. The second-order valence-electron chi connectivity index (χ2n) is 4.30. The molecule has 0 fully saturated rings. The molecule has 0 unspecified atom stereocenters. The smallest absolute Gasteiger partial charge is 0.138 e. The van der Waals surface area contributed by atoms with Crippen LogP contribution < -0.4 is 0 Å². The molecule has 1 aromatic carbocycles. The minimum atomic E-state index is 1.04.